The molecule has 3 aromatic rings. The average molecular weight is 398 g/mol. The largest absolute Gasteiger partial charge is 0.355 e. The van der Waals surface area contributed by atoms with Crippen LogP contribution < -0.4 is 10.6 Å². The SMILES string of the molecule is CCNc1nc(NCC)n2c(SCc3ccc(Cl)c(Cl)c3)nnc2n1. The van der Waals surface area contributed by atoms with Crippen LogP contribution in [0.5, 0.6) is 0 Å². The molecule has 132 valence electrons. The third-order valence-corrected chi connectivity index (χ3v) is 5.01. The highest BCUT2D eigenvalue weighted by Crippen LogP contribution is 2.28. The van der Waals surface area contributed by atoms with Crippen LogP contribution in [0.1, 0.15) is 19.4 Å². The molecule has 0 spiro atoms. The zero-order valence-electron chi connectivity index (χ0n) is 13.8. The summed E-state index contributed by atoms with van der Waals surface area (Å²) in [6.45, 7) is 5.46. The maximum absolute atomic E-state index is 6.07. The van der Waals surface area contributed by atoms with Gasteiger partial charge in [-0.15, -0.1) is 10.2 Å². The second-order valence-corrected chi connectivity index (χ2v) is 6.84. The fraction of sp³-hybridized carbons (Fsp3) is 0.333. The van der Waals surface area contributed by atoms with E-state index in [4.69, 9.17) is 23.2 Å². The van der Waals surface area contributed by atoms with Crippen molar-refractivity contribution in [3.8, 4) is 0 Å². The lowest BCUT2D eigenvalue weighted by molar-refractivity contribution is 0.887. The Bertz CT molecular complexity index is 884. The summed E-state index contributed by atoms with van der Waals surface area (Å²) in [5.74, 6) is 2.36. The van der Waals surface area contributed by atoms with Crippen LogP contribution in [0.4, 0.5) is 11.9 Å². The molecule has 0 aliphatic rings. The highest BCUT2D eigenvalue weighted by molar-refractivity contribution is 7.98. The molecule has 0 saturated heterocycles. The highest BCUT2D eigenvalue weighted by Gasteiger charge is 2.14. The second-order valence-electron chi connectivity index (χ2n) is 5.09. The Kier molecular flexibility index (Phi) is 5.82. The van der Waals surface area contributed by atoms with Crippen LogP contribution in [0.2, 0.25) is 10.0 Å². The highest BCUT2D eigenvalue weighted by atomic mass is 35.5. The molecule has 0 amide bonds. The molecular weight excluding hydrogens is 381 g/mol. The molecule has 25 heavy (non-hydrogen) atoms. The van der Waals surface area contributed by atoms with E-state index in [9.17, 15) is 0 Å². The summed E-state index contributed by atoms with van der Waals surface area (Å²) in [5.41, 5.74) is 1.05. The number of benzene rings is 1. The van der Waals surface area contributed by atoms with Crippen molar-refractivity contribution in [3.05, 3.63) is 33.8 Å². The molecule has 2 heterocycles. The maximum Gasteiger partial charge on any atom is 0.261 e. The van der Waals surface area contributed by atoms with Gasteiger partial charge in [-0.25, -0.2) is 4.40 Å². The van der Waals surface area contributed by atoms with Gasteiger partial charge in [-0.1, -0.05) is 41.0 Å². The molecular formula is C15H17Cl2N7S. The molecule has 0 fully saturated rings. The Morgan fingerprint density at radius 2 is 1.84 bits per heavy atom. The smallest absolute Gasteiger partial charge is 0.261 e. The standard InChI is InChI=1S/C15H17Cl2N7S/c1-3-18-12-20-13(19-4-2)24-14(21-12)22-23-15(24)25-8-9-5-6-10(16)11(17)7-9/h5-7H,3-4,8H2,1-2H3,(H2,18,19,20,21,22). The molecule has 0 aliphatic carbocycles. The summed E-state index contributed by atoms with van der Waals surface area (Å²) >= 11 is 13.6. The van der Waals surface area contributed by atoms with Crippen molar-refractivity contribution in [2.45, 2.75) is 24.8 Å². The Morgan fingerprint density at radius 1 is 1.04 bits per heavy atom. The molecule has 2 N–H and O–H groups in total. The Balaban J connectivity index is 1.89. The number of hydrogen-bond acceptors (Lipinski definition) is 7. The summed E-state index contributed by atoms with van der Waals surface area (Å²) < 4.78 is 1.81. The first-order valence-electron chi connectivity index (χ1n) is 7.80. The number of nitrogens with one attached hydrogen (secondary N) is 2. The molecule has 0 atom stereocenters. The van der Waals surface area contributed by atoms with Crippen molar-refractivity contribution in [3.63, 3.8) is 0 Å². The number of rotatable bonds is 7. The van der Waals surface area contributed by atoms with Gasteiger partial charge in [-0.3, -0.25) is 0 Å². The predicted octanol–water partition coefficient (Wildman–Crippen LogP) is 3.98. The van der Waals surface area contributed by atoms with Gasteiger partial charge in [0.25, 0.3) is 5.78 Å². The van der Waals surface area contributed by atoms with Crippen LogP contribution in [-0.2, 0) is 5.75 Å². The third kappa shape index (κ3) is 4.08. The van der Waals surface area contributed by atoms with E-state index in [-0.39, 0.29) is 0 Å². The van der Waals surface area contributed by atoms with Crippen LogP contribution in [0, 0.1) is 0 Å². The summed E-state index contributed by atoms with van der Waals surface area (Å²) in [5, 5.41) is 16.5. The lowest BCUT2D eigenvalue weighted by Gasteiger charge is -2.09. The van der Waals surface area contributed by atoms with Crippen LogP contribution in [-0.4, -0.2) is 37.7 Å². The molecule has 2 aromatic heterocycles. The molecule has 0 unspecified atom stereocenters. The Morgan fingerprint density at radius 3 is 2.56 bits per heavy atom. The summed E-state index contributed by atoms with van der Waals surface area (Å²) in [6.07, 6.45) is 0. The van der Waals surface area contributed by atoms with Crippen LogP contribution in [0.15, 0.2) is 23.4 Å². The van der Waals surface area contributed by atoms with Crippen molar-refractivity contribution in [2.75, 3.05) is 23.7 Å². The first-order chi connectivity index (χ1) is 12.1. The van der Waals surface area contributed by atoms with Crippen molar-refractivity contribution < 1.29 is 0 Å². The number of hydrogen-bond donors (Lipinski definition) is 2. The molecule has 0 aliphatic heterocycles. The van der Waals surface area contributed by atoms with Gasteiger partial charge in [0.05, 0.1) is 10.0 Å². The molecule has 0 bridgehead atoms. The number of anilines is 2. The number of thioether (sulfide) groups is 1. The predicted molar refractivity (Wildman–Crippen MR) is 103 cm³/mol. The van der Waals surface area contributed by atoms with Gasteiger partial charge in [0.1, 0.15) is 0 Å². The van der Waals surface area contributed by atoms with E-state index >= 15 is 0 Å². The van der Waals surface area contributed by atoms with Crippen molar-refractivity contribution in [2.24, 2.45) is 0 Å². The first kappa shape index (κ1) is 18.0. The zero-order chi connectivity index (χ0) is 17.8. The minimum Gasteiger partial charge on any atom is -0.355 e. The Hall–Kier alpha value is -1.77. The normalized spacial score (nSPS) is 11.0. The number of aromatic nitrogens is 5. The lowest BCUT2D eigenvalue weighted by Crippen LogP contribution is -2.11. The first-order valence-corrected chi connectivity index (χ1v) is 9.54. The van der Waals surface area contributed by atoms with Gasteiger partial charge in [0.2, 0.25) is 11.9 Å². The van der Waals surface area contributed by atoms with E-state index in [2.05, 4.69) is 30.8 Å². The van der Waals surface area contributed by atoms with Gasteiger partial charge >= 0.3 is 0 Å². The van der Waals surface area contributed by atoms with Crippen LogP contribution >= 0.6 is 35.0 Å². The minimum atomic E-state index is 0.499. The molecule has 3 rings (SSSR count). The van der Waals surface area contributed by atoms with Crippen LogP contribution in [0.25, 0.3) is 5.78 Å². The van der Waals surface area contributed by atoms with Gasteiger partial charge < -0.3 is 10.6 Å². The second kappa shape index (κ2) is 8.07. The zero-order valence-corrected chi connectivity index (χ0v) is 16.1. The third-order valence-electron chi connectivity index (χ3n) is 3.27. The quantitative estimate of drug-likeness (QED) is 0.583. The monoisotopic (exact) mass is 397 g/mol. The van der Waals surface area contributed by atoms with Crippen LogP contribution in [0.3, 0.4) is 0 Å². The fourth-order valence-corrected chi connectivity index (χ4v) is 3.37. The molecule has 0 radical (unpaired) electrons. The summed E-state index contributed by atoms with van der Waals surface area (Å²) in [4.78, 5) is 8.88. The topological polar surface area (TPSA) is 80.0 Å². The number of nitrogens with zero attached hydrogens (tertiary/aromatic N) is 5. The van der Waals surface area contributed by atoms with E-state index in [0.717, 1.165) is 18.7 Å². The lowest BCUT2D eigenvalue weighted by atomic mass is 10.2. The summed E-state index contributed by atoms with van der Waals surface area (Å²) in [6, 6.07) is 5.58. The van der Waals surface area contributed by atoms with E-state index in [1.54, 1.807) is 6.07 Å². The van der Waals surface area contributed by atoms with E-state index in [0.29, 0.717) is 38.6 Å². The molecule has 10 heteroatoms. The van der Waals surface area contributed by atoms with E-state index in [1.807, 2.05) is 30.4 Å². The van der Waals surface area contributed by atoms with E-state index < -0.39 is 0 Å². The molecule has 0 saturated carbocycles. The van der Waals surface area contributed by atoms with Crippen molar-refractivity contribution >= 4 is 52.6 Å². The average Bonchev–Trinajstić information content (AvgIpc) is 3.00. The maximum atomic E-state index is 6.07. The number of fused-ring (bicyclic) bond motifs is 1. The van der Waals surface area contributed by atoms with Gasteiger partial charge in [0, 0.05) is 18.8 Å². The minimum absolute atomic E-state index is 0.499. The fourth-order valence-electron chi connectivity index (χ4n) is 2.17. The summed E-state index contributed by atoms with van der Waals surface area (Å²) in [7, 11) is 0. The molecule has 7 nitrogen and oxygen atoms in total. The van der Waals surface area contributed by atoms with Gasteiger partial charge in [-0.2, -0.15) is 9.97 Å². The van der Waals surface area contributed by atoms with Gasteiger partial charge in [0.15, 0.2) is 5.16 Å². The molecule has 1 aromatic carbocycles. The van der Waals surface area contributed by atoms with Crippen molar-refractivity contribution in [1.82, 2.24) is 24.6 Å². The van der Waals surface area contributed by atoms with Gasteiger partial charge in [-0.05, 0) is 31.5 Å². The van der Waals surface area contributed by atoms with Crippen molar-refractivity contribution in [1.29, 1.82) is 0 Å². The van der Waals surface area contributed by atoms with E-state index in [1.165, 1.54) is 11.8 Å². The number of halogens is 2. The Labute approximate surface area is 159 Å².